The summed E-state index contributed by atoms with van der Waals surface area (Å²) in [4.78, 5) is 12.6. The maximum atomic E-state index is 10.2. The quantitative estimate of drug-likeness (QED) is 0.691. The summed E-state index contributed by atoms with van der Waals surface area (Å²) >= 11 is 0. The highest BCUT2D eigenvalue weighted by molar-refractivity contribution is 5.67. The molecule has 2 rings (SSSR count). The number of carbonyl (C=O) groups is 1. The van der Waals surface area contributed by atoms with Crippen LogP contribution in [-0.2, 0) is 9.53 Å². The number of carboxylic acids is 1. The van der Waals surface area contributed by atoms with Gasteiger partial charge in [0.25, 0.3) is 0 Å². The fourth-order valence-electron chi connectivity index (χ4n) is 2.85. The van der Waals surface area contributed by atoms with E-state index in [1.807, 2.05) is 0 Å². The van der Waals surface area contributed by atoms with E-state index in [1.165, 1.54) is 38.8 Å². The van der Waals surface area contributed by atoms with Gasteiger partial charge in [-0.3, -0.25) is 4.90 Å². The fraction of sp³-hybridized carbons (Fsp3) is 0.909. The molecular weight excluding hydrogens is 194 g/mol. The van der Waals surface area contributed by atoms with Crippen molar-refractivity contribution in [3.63, 3.8) is 0 Å². The molecule has 1 N–H and O–H groups in total. The maximum Gasteiger partial charge on any atom is 0.329 e. The molecule has 2 fully saturated rings. The number of likely N-dealkylation sites (tertiary alicyclic amines) is 1. The van der Waals surface area contributed by atoms with Crippen LogP contribution in [0.3, 0.4) is 0 Å². The number of hydrogen-bond donors (Lipinski definition) is 1. The van der Waals surface area contributed by atoms with Crippen LogP contribution in [0.25, 0.3) is 0 Å². The molecule has 0 amide bonds. The van der Waals surface area contributed by atoms with Gasteiger partial charge in [-0.25, -0.2) is 4.79 Å². The van der Waals surface area contributed by atoms with Gasteiger partial charge in [0.05, 0.1) is 6.61 Å². The molecule has 0 aromatic rings. The Morgan fingerprint density at radius 3 is 2.60 bits per heavy atom. The van der Waals surface area contributed by atoms with Gasteiger partial charge < -0.3 is 9.84 Å². The first-order valence-corrected chi connectivity index (χ1v) is 5.72. The molecule has 2 aliphatic rings. The number of aliphatic carboxylic acids is 1. The molecule has 1 aliphatic heterocycles. The van der Waals surface area contributed by atoms with E-state index < -0.39 is 5.97 Å². The van der Waals surface area contributed by atoms with E-state index >= 15 is 0 Å². The molecule has 0 unspecified atom stereocenters. The van der Waals surface area contributed by atoms with Crippen molar-refractivity contribution >= 4 is 5.97 Å². The Morgan fingerprint density at radius 2 is 2.00 bits per heavy atom. The van der Waals surface area contributed by atoms with Gasteiger partial charge in [-0.15, -0.1) is 0 Å². The lowest BCUT2D eigenvalue weighted by Crippen LogP contribution is -2.55. The highest BCUT2D eigenvalue weighted by Gasteiger charge is 2.43. The molecule has 1 saturated heterocycles. The van der Waals surface area contributed by atoms with Gasteiger partial charge >= 0.3 is 5.97 Å². The summed E-state index contributed by atoms with van der Waals surface area (Å²) in [5.74, 6) is -0.883. The zero-order valence-corrected chi connectivity index (χ0v) is 9.07. The Labute approximate surface area is 90.2 Å². The molecule has 4 heteroatoms. The van der Waals surface area contributed by atoms with E-state index in [2.05, 4.69) is 4.90 Å². The summed E-state index contributed by atoms with van der Waals surface area (Å²) in [6.07, 6.45) is 5.56. The van der Waals surface area contributed by atoms with E-state index in [0.717, 1.165) is 6.54 Å². The molecule has 86 valence electrons. The standard InChI is InChI=1S/C11H19NO3/c13-10(14)7-15-6-5-12-8-11(9-12)3-1-2-4-11/h1-9H2,(H,13,14). The predicted molar refractivity (Wildman–Crippen MR) is 55.8 cm³/mol. The minimum Gasteiger partial charge on any atom is -0.480 e. The second-order valence-electron chi connectivity index (χ2n) is 4.86. The van der Waals surface area contributed by atoms with Gasteiger partial charge in [0, 0.05) is 19.6 Å². The minimum atomic E-state index is -0.883. The van der Waals surface area contributed by atoms with Crippen molar-refractivity contribution < 1.29 is 14.6 Å². The van der Waals surface area contributed by atoms with Crippen LogP contribution in [0, 0.1) is 5.41 Å². The summed E-state index contributed by atoms with van der Waals surface area (Å²) in [6.45, 7) is 3.66. The predicted octanol–water partition coefficient (Wildman–Crippen LogP) is 0.964. The minimum absolute atomic E-state index is 0.168. The first kappa shape index (κ1) is 10.9. The van der Waals surface area contributed by atoms with E-state index in [4.69, 9.17) is 9.84 Å². The van der Waals surface area contributed by atoms with Crippen molar-refractivity contribution in [2.75, 3.05) is 32.8 Å². The average Bonchev–Trinajstić information content (AvgIpc) is 2.59. The first-order chi connectivity index (χ1) is 7.20. The van der Waals surface area contributed by atoms with Crippen LogP contribution in [0.1, 0.15) is 25.7 Å². The Bertz CT molecular complexity index is 228. The van der Waals surface area contributed by atoms with E-state index in [-0.39, 0.29) is 6.61 Å². The van der Waals surface area contributed by atoms with Crippen LogP contribution in [0.5, 0.6) is 0 Å². The number of hydrogen-bond acceptors (Lipinski definition) is 3. The lowest BCUT2D eigenvalue weighted by molar-refractivity contribution is -0.142. The van der Waals surface area contributed by atoms with Gasteiger partial charge in [0.15, 0.2) is 0 Å². The maximum absolute atomic E-state index is 10.2. The second kappa shape index (κ2) is 4.49. The second-order valence-corrected chi connectivity index (χ2v) is 4.86. The van der Waals surface area contributed by atoms with Crippen LogP contribution < -0.4 is 0 Å². The van der Waals surface area contributed by atoms with Crippen molar-refractivity contribution in [3.05, 3.63) is 0 Å². The van der Waals surface area contributed by atoms with E-state index in [0.29, 0.717) is 12.0 Å². The molecule has 0 aromatic carbocycles. The molecule has 4 nitrogen and oxygen atoms in total. The van der Waals surface area contributed by atoms with Crippen molar-refractivity contribution in [1.82, 2.24) is 4.90 Å². The molecular formula is C11H19NO3. The highest BCUT2D eigenvalue weighted by Crippen LogP contribution is 2.45. The van der Waals surface area contributed by atoms with Crippen molar-refractivity contribution in [2.45, 2.75) is 25.7 Å². The van der Waals surface area contributed by atoms with Crippen LogP contribution in [0.4, 0.5) is 0 Å². The number of nitrogens with zero attached hydrogens (tertiary/aromatic N) is 1. The topological polar surface area (TPSA) is 49.8 Å². The summed E-state index contributed by atoms with van der Waals surface area (Å²) in [5.41, 5.74) is 0.632. The van der Waals surface area contributed by atoms with Crippen molar-refractivity contribution in [2.24, 2.45) is 5.41 Å². The molecule has 0 radical (unpaired) electrons. The molecule has 0 aromatic heterocycles. The molecule has 1 spiro atoms. The Balaban J connectivity index is 1.54. The summed E-state index contributed by atoms with van der Waals surface area (Å²) < 4.78 is 5.01. The van der Waals surface area contributed by atoms with Gasteiger partial charge in [-0.1, -0.05) is 12.8 Å². The van der Waals surface area contributed by atoms with Gasteiger partial charge in [0.2, 0.25) is 0 Å². The third kappa shape index (κ3) is 2.69. The summed E-state index contributed by atoms with van der Waals surface area (Å²) in [6, 6.07) is 0. The van der Waals surface area contributed by atoms with E-state index in [9.17, 15) is 4.79 Å². The third-order valence-electron chi connectivity index (χ3n) is 3.56. The zero-order valence-electron chi connectivity index (χ0n) is 9.07. The van der Waals surface area contributed by atoms with Gasteiger partial charge in [-0.05, 0) is 18.3 Å². The van der Waals surface area contributed by atoms with Crippen molar-refractivity contribution in [1.29, 1.82) is 0 Å². The number of rotatable bonds is 5. The SMILES string of the molecule is O=C(O)COCCN1CC2(CCCC2)C1. The van der Waals surface area contributed by atoms with Crippen LogP contribution in [-0.4, -0.2) is 48.8 Å². The first-order valence-electron chi connectivity index (χ1n) is 5.72. The van der Waals surface area contributed by atoms with Crippen LogP contribution in [0.2, 0.25) is 0 Å². The normalized spacial score (nSPS) is 24.3. The van der Waals surface area contributed by atoms with Crippen molar-refractivity contribution in [3.8, 4) is 0 Å². The van der Waals surface area contributed by atoms with Gasteiger partial charge in [-0.2, -0.15) is 0 Å². The Hall–Kier alpha value is -0.610. The molecule has 15 heavy (non-hydrogen) atoms. The summed E-state index contributed by atoms with van der Waals surface area (Å²) in [7, 11) is 0. The number of ether oxygens (including phenoxy) is 1. The molecule has 0 atom stereocenters. The van der Waals surface area contributed by atoms with E-state index in [1.54, 1.807) is 0 Å². The average molecular weight is 213 g/mol. The van der Waals surface area contributed by atoms with Gasteiger partial charge in [0.1, 0.15) is 6.61 Å². The lowest BCUT2D eigenvalue weighted by Gasteiger charge is -2.48. The zero-order chi connectivity index (χ0) is 10.7. The lowest BCUT2D eigenvalue weighted by atomic mass is 9.78. The fourth-order valence-corrected chi connectivity index (χ4v) is 2.85. The third-order valence-corrected chi connectivity index (χ3v) is 3.56. The molecule has 0 bridgehead atoms. The molecule has 1 saturated carbocycles. The monoisotopic (exact) mass is 213 g/mol. The van der Waals surface area contributed by atoms with Crippen LogP contribution in [0.15, 0.2) is 0 Å². The largest absolute Gasteiger partial charge is 0.480 e. The summed E-state index contributed by atoms with van der Waals surface area (Å²) in [5, 5.41) is 8.38. The number of carboxylic acid groups (broad SMARTS) is 1. The molecule has 1 heterocycles. The Morgan fingerprint density at radius 1 is 1.33 bits per heavy atom. The highest BCUT2D eigenvalue weighted by atomic mass is 16.5. The Kier molecular flexibility index (Phi) is 3.26. The smallest absolute Gasteiger partial charge is 0.329 e. The molecule has 1 aliphatic carbocycles. The van der Waals surface area contributed by atoms with Crippen LogP contribution >= 0.6 is 0 Å².